The second-order valence-corrected chi connectivity index (χ2v) is 5.26. The molecule has 0 radical (unpaired) electrons. The van der Waals surface area contributed by atoms with Gasteiger partial charge in [0.1, 0.15) is 0 Å². The van der Waals surface area contributed by atoms with E-state index < -0.39 is 0 Å². The summed E-state index contributed by atoms with van der Waals surface area (Å²) in [4.78, 5) is 0. The fraction of sp³-hybridized carbons (Fsp3) is 0.462. The number of thioether (sulfide) groups is 1. The summed E-state index contributed by atoms with van der Waals surface area (Å²) in [6, 6.07) is 9.89. The Labute approximate surface area is 117 Å². The molecule has 102 valence electrons. The molecular weight excluding hydrogens is 260 g/mol. The van der Waals surface area contributed by atoms with E-state index in [4.69, 9.17) is 5.11 Å². The first-order valence-corrected chi connectivity index (χ1v) is 7.48. The molecule has 0 unspecified atom stereocenters. The Kier molecular flexibility index (Phi) is 5.84. The van der Waals surface area contributed by atoms with Gasteiger partial charge in [0, 0.05) is 12.4 Å². The van der Waals surface area contributed by atoms with Crippen LogP contribution in [0.25, 0.3) is 5.69 Å². The Morgan fingerprint density at radius 1 is 1.05 bits per heavy atom. The molecule has 0 atom stereocenters. The lowest BCUT2D eigenvalue weighted by molar-refractivity contribution is 0.283. The molecule has 1 aromatic carbocycles. The van der Waals surface area contributed by atoms with Crippen molar-refractivity contribution in [2.45, 2.75) is 30.8 Å². The first-order chi connectivity index (χ1) is 9.42. The summed E-state index contributed by atoms with van der Waals surface area (Å²) in [5.41, 5.74) is 0.982. The fourth-order valence-corrected chi connectivity index (χ4v) is 2.62. The highest BCUT2D eigenvalue weighted by molar-refractivity contribution is 7.99. The van der Waals surface area contributed by atoms with E-state index in [1.165, 1.54) is 0 Å². The number of aromatic nitrogens is 4. The Morgan fingerprint density at radius 3 is 2.63 bits per heavy atom. The smallest absolute Gasteiger partial charge is 0.214 e. The maximum absolute atomic E-state index is 8.70. The van der Waals surface area contributed by atoms with Gasteiger partial charge in [0.25, 0.3) is 0 Å². The average molecular weight is 278 g/mol. The van der Waals surface area contributed by atoms with Crippen molar-refractivity contribution in [1.29, 1.82) is 0 Å². The second kappa shape index (κ2) is 7.91. The molecule has 1 heterocycles. The van der Waals surface area contributed by atoms with Crippen LogP contribution in [0.5, 0.6) is 0 Å². The van der Waals surface area contributed by atoms with Crippen LogP contribution in [-0.4, -0.2) is 37.7 Å². The lowest BCUT2D eigenvalue weighted by atomic mass is 10.2. The first-order valence-electron chi connectivity index (χ1n) is 6.49. The van der Waals surface area contributed by atoms with Gasteiger partial charge in [-0.2, -0.15) is 4.68 Å². The zero-order valence-electron chi connectivity index (χ0n) is 10.8. The molecule has 0 aliphatic heterocycles. The Balaban J connectivity index is 1.83. The van der Waals surface area contributed by atoms with Crippen molar-refractivity contribution in [3.63, 3.8) is 0 Å². The molecule has 0 spiro atoms. The first kappa shape index (κ1) is 14.0. The predicted octanol–water partition coefficient (Wildman–Crippen LogP) is 2.31. The number of tetrazole rings is 1. The van der Waals surface area contributed by atoms with Crippen LogP contribution in [0.4, 0.5) is 0 Å². The van der Waals surface area contributed by atoms with Crippen LogP contribution in [0, 0.1) is 0 Å². The highest BCUT2D eigenvalue weighted by atomic mass is 32.2. The number of rotatable bonds is 8. The van der Waals surface area contributed by atoms with Crippen LogP contribution >= 0.6 is 11.8 Å². The Morgan fingerprint density at radius 2 is 1.84 bits per heavy atom. The number of hydrogen-bond acceptors (Lipinski definition) is 5. The maximum atomic E-state index is 8.70. The molecule has 0 saturated heterocycles. The lowest BCUT2D eigenvalue weighted by Gasteiger charge is -2.03. The standard InChI is InChI=1S/C13H18N4OS/c18-10-6-1-2-7-11-19-13-14-15-16-17(13)12-8-4-3-5-9-12/h3-5,8-9,18H,1-2,6-7,10-11H2. The van der Waals surface area contributed by atoms with Gasteiger partial charge in [-0.15, -0.1) is 5.10 Å². The summed E-state index contributed by atoms with van der Waals surface area (Å²) in [5.74, 6) is 0.999. The quantitative estimate of drug-likeness (QED) is 0.593. The van der Waals surface area contributed by atoms with Gasteiger partial charge >= 0.3 is 0 Å². The van der Waals surface area contributed by atoms with Crippen LogP contribution in [0.3, 0.4) is 0 Å². The highest BCUT2D eigenvalue weighted by Crippen LogP contribution is 2.19. The number of para-hydroxylation sites is 1. The molecule has 1 aromatic heterocycles. The van der Waals surface area contributed by atoms with E-state index in [1.807, 2.05) is 30.3 Å². The van der Waals surface area contributed by atoms with Crippen molar-refractivity contribution in [3.05, 3.63) is 30.3 Å². The average Bonchev–Trinajstić information content (AvgIpc) is 2.92. The number of nitrogens with zero attached hydrogens (tertiary/aromatic N) is 4. The van der Waals surface area contributed by atoms with Gasteiger partial charge in [0.05, 0.1) is 5.69 Å². The van der Waals surface area contributed by atoms with Gasteiger partial charge in [-0.3, -0.25) is 0 Å². The third-order valence-electron chi connectivity index (χ3n) is 2.73. The largest absolute Gasteiger partial charge is 0.396 e. The van der Waals surface area contributed by atoms with E-state index in [9.17, 15) is 0 Å². The van der Waals surface area contributed by atoms with Crippen LogP contribution in [0.15, 0.2) is 35.5 Å². The maximum Gasteiger partial charge on any atom is 0.214 e. The predicted molar refractivity (Wildman–Crippen MR) is 75.4 cm³/mol. The normalized spacial score (nSPS) is 10.8. The molecular formula is C13H18N4OS. The molecule has 0 aliphatic carbocycles. The number of unbranched alkanes of at least 4 members (excludes halogenated alkanes) is 3. The summed E-state index contributed by atoms with van der Waals surface area (Å²) in [5, 5.41) is 21.3. The van der Waals surface area contributed by atoms with Crippen LogP contribution < -0.4 is 0 Å². The van der Waals surface area contributed by atoms with Gasteiger partial charge in [0.15, 0.2) is 0 Å². The van der Waals surface area contributed by atoms with E-state index >= 15 is 0 Å². The SMILES string of the molecule is OCCCCCCSc1nnnn1-c1ccccc1. The summed E-state index contributed by atoms with van der Waals surface area (Å²) in [6.45, 7) is 0.291. The number of benzene rings is 1. The summed E-state index contributed by atoms with van der Waals surface area (Å²) in [6.07, 6.45) is 4.24. The van der Waals surface area contributed by atoms with Gasteiger partial charge in [-0.25, -0.2) is 0 Å². The Bertz CT molecular complexity index is 475. The molecule has 19 heavy (non-hydrogen) atoms. The zero-order chi connectivity index (χ0) is 13.3. The minimum Gasteiger partial charge on any atom is -0.396 e. The Hall–Kier alpha value is -1.40. The number of aliphatic hydroxyl groups excluding tert-OH is 1. The van der Waals surface area contributed by atoms with Crippen molar-refractivity contribution < 1.29 is 5.11 Å². The molecule has 0 saturated carbocycles. The number of aliphatic hydroxyl groups is 1. The zero-order valence-corrected chi connectivity index (χ0v) is 11.6. The van der Waals surface area contributed by atoms with E-state index in [0.29, 0.717) is 6.61 Å². The van der Waals surface area contributed by atoms with Gasteiger partial charge in [0.2, 0.25) is 5.16 Å². The molecule has 1 N–H and O–H groups in total. The third kappa shape index (κ3) is 4.33. The van der Waals surface area contributed by atoms with Gasteiger partial charge < -0.3 is 5.11 Å². The van der Waals surface area contributed by atoms with E-state index in [2.05, 4.69) is 15.5 Å². The third-order valence-corrected chi connectivity index (χ3v) is 3.73. The molecule has 0 fully saturated rings. The summed E-state index contributed by atoms with van der Waals surface area (Å²) < 4.78 is 1.76. The van der Waals surface area contributed by atoms with E-state index in [1.54, 1.807) is 16.4 Å². The molecule has 6 heteroatoms. The monoisotopic (exact) mass is 278 g/mol. The minimum atomic E-state index is 0.291. The topological polar surface area (TPSA) is 63.8 Å². The minimum absolute atomic E-state index is 0.291. The number of hydrogen-bond donors (Lipinski definition) is 1. The van der Waals surface area contributed by atoms with Crippen molar-refractivity contribution in [2.24, 2.45) is 0 Å². The van der Waals surface area contributed by atoms with Gasteiger partial charge in [-0.1, -0.05) is 42.8 Å². The molecule has 0 bridgehead atoms. The summed E-state index contributed by atoms with van der Waals surface area (Å²) >= 11 is 1.67. The van der Waals surface area contributed by atoms with Crippen molar-refractivity contribution in [2.75, 3.05) is 12.4 Å². The molecule has 0 amide bonds. The molecule has 2 aromatic rings. The van der Waals surface area contributed by atoms with Crippen molar-refractivity contribution >= 4 is 11.8 Å². The molecule has 0 aliphatic rings. The van der Waals surface area contributed by atoms with Crippen molar-refractivity contribution in [3.8, 4) is 5.69 Å². The van der Waals surface area contributed by atoms with Crippen LogP contribution in [-0.2, 0) is 0 Å². The van der Waals surface area contributed by atoms with Gasteiger partial charge in [-0.05, 0) is 35.4 Å². The second-order valence-electron chi connectivity index (χ2n) is 4.20. The fourth-order valence-electron chi connectivity index (χ4n) is 1.73. The van der Waals surface area contributed by atoms with Crippen LogP contribution in [0.2, 0.25) is 0 Å². The highest BCUT2D eigenvalue weighted by Gasteiger charge is 2.07. The lowest BCUT2D eigenvalue weighted by Crippen LogP contribution is -1.98. The van der Waals surface area contributed by atoms with Crippen LogP contribution in [0.1, 0.15) is 25.7 Å². The molecule has 5 nitrogen and oxygen atoms in total. The van der Waals surface area contributed by atoms with Crippen molar-refractivity contribution in [1.82, 2.24) is 20.2 Å². The van der Waals surface area contributed by atoms with E-state index in [-0.39, 0.29) is 0 Å². The summed E-state index contributed by atoms with van der Waals surface area (Å²) in [7, 11) is 0. The molecule has 2 rings (SSSR count). The van der Waals surface area contributed by atoms with E-state index in [0.717, 1.165) is 42.3 Å².